The van der Waals surface area contributed by atoms with E-state index < -0.39 is 0 Å². The Morgan fingerprint density at radius 2 is 1.84 bits per heavy atom. The van der Waals surface area contributed by atoms with Gasteiger partial charge >= 0.3 is 0 Å². The number of fused-ring (bicyclic) bond motifs is 1. The molecule has 0 fully saturated rings. The molecule has 96 valence electrons. The largest absolute Gasteiger partial charge is 0.320 e. The third kappa shape index (κ3) is 2.15. The van der Waals surface area contributed by atoms with Gasteiger partial charge in [0.15, 0.2) is 0 Å². The van der Waals surface area contributed by atoms with Crippen LogP contribution in [-0.4, -0.2) is 0 Å². The Balaban J connectivity index is 2.18. The van der Waals surface area contributed by atoms with Gasteiger partial charge in [-0.3, -0.25) is 0 Å². The van der Waals surface area contributed by atoms with Crippen LogP contribution >= 0.6 is 11.3 Å². The van der Waals surface area contributed by atoms with Gasteiger partial charge in [0.2, 0.25) is 0 Å². The summed E-state index contributed by atoms with van der Waals surface area (Å²) in [4.78, 5) is 1.23. The molecule has 3 aromatic rings. The summed E-state index contributed by atoms with van der Waals surface area (Å²) in [5.41, 5.74) is 8.38. The van der Waals surface area contributed by atoms with Gasteiger partial charge in [0.05, 0.1) is 6.04 Å². The van der Waals surface area contributed by atoms with Gasteiger partial charge in [-0.2, -0.15) is 0 Å². The molecule has 3 heteroatoms. The molecule has 1 heterocycles. The maximum absolute atomic E-state index is 13.8. The van der Waals surface area contributed by atoms with Crippen molar-refractivity contribution in [2.24, 2.45) is 5.73 Å². The maximum Gasteiger partial charge on any atom is 0.131 e. The van der Waals surface area contributed by atoms with E-state index in [0.29, 0.717) is 5.39 Å². The molecule has 0 aliphatic rings. The molecule has 0 aliphatic heterocycles. The Kier molecular flexibility index (Phi) is 3.09. The number of halogens is 1. The van der Waals surface area contributed by atoms with Crippen LogP contribution in [0.15, 0.2) is 47.8 Å². The number of hydrogen-bond donors (Lipinski definition) is 1. The van der Waals surface area contributed by atoms with Gasteiger partial charge in [0, 0.05) is 10.3 Å². The van der Waals surface area contributed by atoms with Crippen LogP contribution in [-0.2, 0) is 0 Å². The van der Waals surface area contributed by atoms with Crippen LogP contribution in [0.5, 0.6) is 0 Å². The molecule has 0 spiro atoms. The standard InChI is InChI=1S/C16H14FNS/c1-10-8-11(9-19-10)16(18)14-6-7-15(17)13-5-3-2-4-12(13)14/h2-9,16H,18H2,1H3. The van der Waals surface area contributed by atoms with Crippen LogP contribution in [0.1, 0.15) is 22.0 Å². The second kappa shape index (κ2) is 4.76. The first-order chi connectivity index (χ1) is 9.16. The Hall–Kier alpha value is -1.71. The molecule has 0 radical (unpaired) electrons. The Labute approximate surface area is 115 Å². The van der Waals surface area contributed by atoms with Crippen molar-refractivity contribution in [2.75, 3.05) is 0 Å². The molecule has 19 heavy (non-hydrogen) atoms. The van der Waals surface area contributed by atoms with Gasteiger partial charge in [-0.25, -0.2) is 4.39 Å². The van der Waals surface area contributed by atoms with E-state index in [-0.39, 0.29) is 11.9 Å². The van der Waals surface area contributed by atoms with Crippen LogP contribution in [0.2, 0.25) is 0 Å². The number of thiophene rings is 1. The van der Waals surface area contributed by atoms with Gasteiger partial charge in [-0.05, 0) is 40.9 Å². The third-order valence-electron chi connectivity index (χ3n) is 3.35. The number of aryl methyl sites for hydroxylation is 1. The summed E-state index contributed by atoms with van der Waals surface area (Å²) in [6.07, 6.45) is 0. The van der Waals surface area contributed by atoms with E-state index in [1.54, 1.807) is 23.5 Å². The molecule has 2 aromatic carbocycles. The highest BCUT2D eigenvalue weighted by molar-refractivity contribution is 7.10. The predicted molar refractivity (Wildman–Crippen MR) is 79.0 cm³/mol. The number of rotatable bonds is 2. The quantitative estimate of drug-likeness (QED) is 0.734. The molecule has 1 nitrogen and oxygen atoms in total. The van der Waals surface area contributed by atoms with E-state index in [1.807, 2.05) is 18.2 Å². The van der Waals surface area contributed by atoms with Crippen molar-refractivity contribution in [3.63, 3.8) is 0 Å². The van der Waals surface area contributed by atoms with Crippen molar-refractivity contribution in [1.29, 1.82) is 0 Å². The zero-order valence-corrected chi connectivity index (χ0v) is 11.4. The summed E-state index contributed by atoms with van der Waals surface area (Å²) >= 11 is 1.68. The summed E-state index contributed by atoms with van der Waals surface area (Å²) in [5.74, 6) is -0.201. The van der Waals surface area contributed by atoms with E-state index in [0.717, 1.165) is 16.5 Å². The van der Waals surface area contributed by atoms with Crippen LogP contribution in [0.3, 0.4) is 0 Å². The fourth-order valence-electron chi connectivity index (χ4n) is 2.36. The molecule has 0 amide bonds. The smallest absolute Gasteiger partial charge is 0.131 e. The Bertz CT molecular complexity index is 732. The number of hydrogen-bond acceptors (Lipinski definition) is 2. The van der Waals surface area contributed by atoms with Crippen LogP contribution in [0.25, 0.3) is 10.8 Å². The molecule has 0 saturated heterocycles. The fourth-order valence-corrected chi connectivity index (χ4v) is 3.10. The normalized spacial score (nSPS) is 12.8. The lowest BCUT2D eigenvalue weighted by Gasteiger charge is -2.14. The average molecular weight is 271 g/mol. The molecule has 0 saturated carbocycles. The van der Waals surface area contributed by atoms with Crippen molar-refractivity contribution in [3.05, 3.63) is 69.7 Å². The van der Waals surface area contributed by atoms with E-state index in [1.165, 1.54) is 10.9 Å². The second-order valence-electron chi connectivity index (χ2n) is 4.65. The van der Waals surface area contributed by atoms with Gasteiger partial charge < -0.3 is 5.73 Å². The van der Waals surface area contributed by atoms with Gasteiger partial charge in [0.25, 0.3) is 0 Å². The molecule has 0 aliphatic carbocycles. The molecular weight excluding hydrogens is 257 g/mol. The summed E-state index contributed by atoms with van der Waals surface area (Å²) in [6, 6.07) is 12.6. The minimum absolute atomic E-state index is 0.201. The molecule has 1 unspecified atom stereocenters. The first kappa shape index (κ1) is 12.3. The number of benzene rings is 2. The zero-order valence-electron chi connectivity index (χ0n) is 10.6. The molecular formula is C16H14FNS. The van der Waals surface area contributed by atoms with Crippen LogP contribution < -0.4 is 5.73 Å². The van der Waals surface area contributed by atoms with E-state index in [4.69, 9.17) is 5.73 Å². The lowest BCUT2D eigenvalue weighted by atomic mass is 9.95. The first-order valence-corrected chi connectivity index (χ1v) is 7.02. The van der Waals surface area contributed by atoms with Crippen molar-refractivity contribution < 1.29 is 4.39 Å². The van der Waals surface area contributed by atoms with Gasteiger partial charge in [-0.15, -0.1) is 11.3 Å². The van der Waals surface area contributed by atoms with E-state index in [9.17, 15) is 4.39 Å². The highest BCUT2D eigenvalue weighted by Crippen LogP contribution is 2.30. The van der Waals surface area contributed by atoms with Gasteiger partial charge in [-0.1, -0.05) is 30.3 Å². The highest BCUT2D eigenvalue weighted by atomic mass is 32.1. The highest BCUT2D eigenvalue weighted by Gasteiger charge is 2.14. The monoisotopic (exact) mass is 271 g/mol. The molecule has 0 bridgehead atoms. The molecule has 2 N–H and O–H groups in total. The summed E-state index contributed by atoms with van der Waals surface area (Å²) in [7, 11) is 0. The lowest BCUT2D eigenvalue weighted by molar-refractivity contribution is 0.639. The van der Waals surface area contributed by atoms with Crippen molar-refractivity contribution in [2.45, 2.75) is 13.0 Å². The zero-order chi connectivity index (χ0) is 13.4. The number of nitrogens with two attached hydrogens (primary N) is 1. The first-order valence-electron chi connectivity index (χ1n) is 6.14. The topological polar surface area (TPSA) is 26.0 Å². The van der Waals surface area contributed by atoms with Crippen LogP contribution in [0, 0.1) is 12.7 Å². The third-order valence-corrected chi connectivity index (χ3v) is 4.23. The Morgan fingerprint density at radius 3 is 2.53 bits per heavy atom. The predicted octanol–water partition coefficient (Wildman–Crippen LogP) is 4.40. The van der Waals surface area contributed by atoms with Crippen molar-refractivity contribution in [3.8, 4) is 0 Å². The van der Waals surface area contributed by atoms with Crippen molar-refractivity contribution in [1.82, 2.24) is 0 Å². The van der Waals surface area contributed by atoms with Crippen LogP contribution in [0.4, 0.5) is 4.39 Å². The van der Waals surface area contributed by atoms with E-state index in [2.05, 4.69) is 18.4 Å². The molecule has 1 atom stereocenters. The lowest BCUT2D eigenvalue weighted by Crippen LogP contribution is -2.11. The molecule has 3 rings (SSSR count). The Morgan fingerprint density at radius 1 is 1.11 bits per heavy atom. The summed E-state index contributed by atoms with van der Waals surface area (Å²) in [5, 5.41) is 3.58. The van der Waals surface area contributed by atoms with Crippen molar-refractivity contribution >= 4 is 22.1 Å². The minimum Gasteiger partial charge on any atom is -0.320 e. The maximum atomic E-state index is 13.8. The van der Waals surface area contributed by atoms with E-state index >= 15 is 0 Å². The minimum atomic E-state index is -0.213. The van der Waals surface area contributed by atoms with Gasteiger partial charge in [0.1, 0.15) is 5.82 Å². The second-order valence-corrected chi connectivity index (χ2v) is 5.77. The summed E-state index contributed by atoms with van der Waals surface area (Å²) < 4.78 is 13.8. The molecule has 1 aromatic heterocycles. The SMILES string of the molecule is Cc1cc(C(N)c2ccc(F)c3ccccc23)cs1. The average Bonchev–Trinajstić information content (AvgIpc) is 2.86. The fraction of sp³-hybridized carbons (Fsp3) is 0.125. The summed E-state index contributed by atoms with van der Waals surface area (Å²) in [6.45, 7) is 2.06.